The molecule has 1 aliphatic heterocycles. The van der Waals surface area contributed by atoms with Crippen LogP contribution in [0.1, 0.15) is 47.0 Å². The third-order valence-corrected chi connectivity index (χ3v) is 7.01. The number of Topliss-reactive ketones (excluding diaryl/α,β-unsaturated/α-hetero) is 1. The summed E-state index contributed by atoms with van der Waals surface area (Å²) in [4.78, 5) is 51.2. The van der Waals surface area contributed by atoms with Gasteiger partial charge in [-0.05, 0) is 50.5 Å². The second kappa shape index (κ2) is 15.9. The summed E-state index contributed by atoms with van der Waals surface area (Å²) in [6.07, 6.45) is 8.54. The number of carbonyl (C=O) groups is 4. The molecule has 10 heteroatoms. The van der Waals surface area contributed by atoms with Gasteiger partial charge in [0.1, 0.15) is 6.10 Å². The molecule has 4 N–H and O–H groups in total. The first kappa shape index (κ1) is 33.4. The van der Waals surface area contributed by atoms with Crippen LogP contribution < -0.4 is 16.4 Å². The Bertz CT molecular complexity index is 1180. The van der Waals surface area contributed by atoms with E-state index < -0.39 is 35.8 Å². The third-order valence-electron chi connectivity index (χ3n) is 7.01. The molecule has 0 saturated heterocycles. The van der Waals surface area contributed by atoms with Crippen molar-refractivity contribution in [3.05, 3.63) is 71.1 Å². The van der Waals surface area contributed by atoms with E-state index in [0.717, 1.165) is 11.6 Å². The fourth-order valence-electron chi connectivity index (χ4n) is 5.00. The maximum Gasteiger partial charge on any atom is 0.405 e. The van der Waals surface area contributed by atoms with Crippen LogP contribution >= 0.6 is 0 Å². The molecule has 0 saturated carbocycles. The molecule has 5 atom stereocenters. The quantitative estimate of drug-likeness (QED) is 0.325. The van der Waals surface area contributed by atoms with Gasteiger partial charge in [0, 0.05) is 38.0 Å². The van der Waals surface area contributed by atoms with Gasteiger partial charge < -0.3 is 30.6 Å². The zero-order valence-corrected chi connectivity index (χ0v) is 24.8. The average Bonchev–Trinajstić information content (AvgIpc) is 2.91. The monoisotopic (exact) mass is 569 g/mol. The number of primary amides is 1. The maximum atomic E-state index is 13.5. The molecule has 2 rings (SSSR count). The van der Waals surface area contributed by atoms with Crippen molar-refractivity contribution < 1.29 is 33.4 Å². The van der Waals surface area contributed by atoms with Crippen LogP contribution in [-0.4, -0.2) is 62.6 Å². The SMILES string of the molecule is C=CCNC1=C2CC(C)CC(OC)C[C@@H](C)/C=C(\C)C(OC(N)=O)C(OC)/C=C\C=C(/C)C(=O)NC(=CC1=O)C2=O. The topological polar surface area (TPSA) is 146 Å². The van der Waals surface area contributed by atoms with Crippen LogP contribution in [0.15, 0.2) is 71.1 Å². The Kier molecular flexibility index (Phi) is 13.0. The van der Waals surface area contributed by atoms with Crippen molar-refractivity contribution in [2.24, 2.45) is 17.6 Å². The van der Waals surface area contributed by atoms with Gasteiger partial charge >= 0.3 is 6.09 Å². The molecule has 41 heavy (non-hydrogen) atoms. The van der Waals surface area contributed by atoms with Gasteiger partial charge in [-0.25, -0.2) is 4.79 Å². The fraction of sp³-hybridized carbons (Fsp3) is 0.484. The van der Waals surface area contributed by atoms with Gasteiger partial charge in [-0.2, -0.15) is 0 Å². The summed E-state index contributed by atoms with van der Waals surface area (Å²) in [5.41, 5.74) is 6.84. The average molecular weight is 570 g/mol. The first-order valence-electron chi connectivity index (χ1n) is 13.7. The molecule has 0 aromatic carbocycles. The van der Waals surface area contributed by atoms with Crippen molar-refractivity contribution in [1.29, 1.82) is 0 Å². The number of rotatable bonds is 6. The Hall–Kier alpha value is -3.76. The lowest BCUT2D eigenvalue weighted by Gasteiger charge is -2.26. The molecule has 2 amide bonds. The van der Waals surface area contributed by atoms with E-state index in [1.807, 2.05) is 26.8 Å². The van der Waals surface area contributed by atoms with E-state index in [4.69, 9.17) is 19.9 Å². The number of hydrogen-bond donors (Lipinski definition) is 3. The zero-order valence-electron chi connectivity index (χ0n) is 24.8. The molecule has 4 unspecified atom stereocenters. The normalized spacial score (nSPS) is 30.2. The summed E-state index contributed by atoms with van der Waals surface area (Å²) in [5, 5.41) is 5.60. The highest BCUT2D eigenvalue weighted by atomic mass is 16.6. The van der Waals surface area contributed by atoms with Crippen LogP contribution in [-0.2, 0) is 28.6 Å². The van der Waals surface area contributed by atoms with Gasteiger partial charge in [0.15, 0.2) is 6.10 Å². The van der Waals surface area contributed by atoms with Crippen LogP contribution in [0.25, 0.3) is 0 Å². The van der Waals surface area contributed by atoms with Gasteiger partial charge in [-0.3, -0.25) is 14.4 Å². The summed E-state index contributed by atoms with van der Waals surface area (Å²) in [6.45, 7) is 11.4. The molecule has 0 aromatic rings. The van der Waals surface area contributed by atoms with Gasteiger partial charge in [0.05, 0.1) is 17.5 Å². The molecule has 0 spiro atoms. The summed E-state index contributed by atoms with van der Waals surface area (Å²) in [5.74, 6) is -1.34. The Morgan fingerprint density at radius 1 is 1.17 bits per heavy atom. The van der Waals surface area contributed by atoms with Crippen LogP contribution in [0.5, 0.6) is 0 Å². The molecule has 2 aliphatic rings. The van der Waals surface area contributed by atoms with Gasteiger partial charge in [0.25, 0.3) is 5.91 Å². The largest absolute Gasteiger partial charge is 0.439 e. The molecule has 224 valence electrons. The molecule has 2 bridgehead atoms. The molecule has 1 aliphatic carbocycles. The molecule has 0 radical (unpaired) electrons. The zero-order chi connectivity index (χ0) is 30.7. The molecule has 10 nitrogen and oxygen atoms in total. The Morgan fingerprint density at radius 2 is 1.88 bits per heavy atom. The van der Waals surface area contributed by atoms with E-state index in [1.54, 1.807) is 32.3 Å². The number of nitrogens with two attached hydrogens (primary N) is 1. The van der Waals surface area contributed by atoms with Crippen molar-refractivity contribution in [1.82, 2.24) is 10.6 Å². The van der Waals surface area contributed by atoms with Crippen LogP contribution in [0.2, 0.25) is 0 Å². The summed E-state index contributed by atoms with van der Waals surface area (Å²) in [6, 6.07) is 0. The third kappa shape index (κ3) is 9.68. The van der Waals surface area contributed by atoms with Crippen molar-refractivity contribution in [3.63, 3.8) is 0 Å². The number of ether oxygens (including phenoxy) is 3. The highest BCUT2D eigenvalue weighted by molar-refractivity contribution is 6.23. The van der Waals surface area contributed by atoms with E-state index in [2.05, 4.69) is 17.2 Å². The van der Waals surface area contributed by atoms with Crippen LogP contribution in [0.3, 0.4) is 0 Å². The molecular weight excluding hydrogens is 526 g/mol. The van der Waals surface area contributed by atoms with E-state index in [-0.39, 0.29) is 34.9 Å². The first-order chi connectivity index (χ1) is 19.4. The van der Waals surface area contributed by atoms with E-state index in [0.29, 0.717) is 31.4 Å². The minimum Gasteiger partial charge on any atom is -0.439 e. The highest BCUT2D eigenvalue weighted by Crippen LogP contribution is 2.28. The van der Waals surface area contributed by atoms with Gasteiger partial charge in [0.2, 0.25) is 11.6 Å². The Balaban J connectivity index is 2.57. The summed E-state index contributed by atoms with van der Waals surface area (Å²) >= 11 is 0. The number of hydrogen-bond acceptors (Lipinski definition) is 8. The van der Waals surface area contributed by atoms with Crippen molar-refractivity contribution in [2.45, 2.75) is 65.3 Å². The standard InChI is InChI=1S/C31H43N3O7/c1-8-12-33-27-23-16-19(3)15-22(39-6)14-18(2)13-21(5)29(41-31(32)38)26(40-7)11-9-10-20(4)30(37)34-24(28(23)36)17-25(27)35/h8-11,13,17-19,22,26,29,33H,1,12,14-16H2,2-7H3,(H2,32,38)(H,34,37)/b11-9-,20-10+,21-13+/t18-,19?,22?,26?,29?/m0/s1. The van der Waals surface area contributed by atoms with E-state index in [9.17, 15) is 19.2 Å². The predicted octanol–water partition coefficient (Wildman–Crippen LogP) is 3.57. The fourth-order valence-corrected chi connectivity index (χ4v) is 5.00. The lowest BCUT2D eigenvalue weighted by atomic mass is 9.86. The van der Waals surface area contributed by atoms with E-state index >= 15 is 0 Å². The number of fused-ring (bicyclic) bond motifs is 2. The number of methoxy groups -OCH3 is 2. The Morgan fingerprint density at radius 3 is 2.49 bits per heavy atom. The first-order valence-corrected chi connectivity index (χ1v) is 13.7. The summed E-state index contributed by atoms with van der Waals surface area (Å²) in [7, 11) is 3.11. The van der Waals surface area contributed by atoms with Gasteiger partial charge in [-0.15, -0.1) is 6.58 Å². The predicted molar refractivity (Wildman–Crippen MR) is 156 cm³/mol. The van der Waals surface area contributed by atoms with Gasteiger partial charge in [-0.1, -0.05) is 44.2 Å². The number of carbonyl (C=O) groups excluding carboxylic acids is 4. The minimum atomic E-state index is -0.936. The number of nitrogens with one attached hydrogen (secondary N) is 2. The minimum absolute atomic E-state index is 0.0312. The van der Waals surface area contributed by atoms with E-state index in [1.165, 1.54) is 13.2 Å². The molecule has 0 aromatic heterocycles. The van der Waals surface area contributed by atoms with Crippen molar-refractivity contribution in [2.75, 3.05) is 20.8 Å². The van der Waals surface area contributed by atoms with Crippen molar-refractivity contribution in [3.8, 4) is 0 Å². The second-order valence-corrected chi connectivity index (χ2v) is 10.5. The highest BCUT2D eigenvalue weighted by Gasteiger charge is 2.31. The van der Waals surface area contributed by atoms with Crippen LogP contribution in [0.4, 0.5) is 4.79 Å². The maximum absolute atomic E-state index is 13.5. The number of ketones is 2. The lowest BCUT2D eigenvalue weighted by molar-refractivity contribution is -0.120. The smallest absolute Gasteiger partial charge is 0.405 e. The number of allylic oxidation sites excluding steroid dienone is 5. The van der Waals surface area contributed by atoms with Crippen LogP contribution in [0, 0.1) is 11.8 Å². The number of amides is 2. The molecular formula is C31H43N3O7. The van der Waals surface area contributed by atoms with Crippen molar-refractivity contribution >= 4 is 23.6 Å². The molecule has 0 fully saturated rings. The lowest BCUT2D eigenvalue weighted by Crippen LogP contribution is -2.36. The Labute approximate surface area is 242 Å². The molecule has 1 heterocycles. The second-order valence-electron chi connectivity index (χ2n) is 10.5. The summed E-state index contributed by atoms with van der Waals surface area (Å²) < 4.78 is 16.8.